The summed E-state index contributed by atoms with van der Waals surface area (Å²) in [6.07, 6.45) is 2.18. The SMILES string of the molecule is Nc1cc(C2CC2)nc(-c2ccc(F)c(F)c2)n1. The third-order valence-corrected chi connectivity index (χ3v) is 2.94. The number of anilines is 1. The van der Waals surface area contributed by atoms with Crippen molar-refractivity contribution in [3.63, 3.8) is 0 Å². The minimum Gasteiger partial charge on any atom is -0.384 e. The second kappa shape index (κ2) is 4.01. The lowest BCUT2D eigenvalue weighted by Gasteiger charge is -2.05. The van der Waals surface area contributed by atoms with E-state index in [-0.39, 0.29) is 0 Å². The van der Waals surface area contributed by atoms with Crippen LogP contribution in [0.2, 0.25) is 0 Å². The van der Waals surface area contributed by atoms with E-state index in [9.17, 15) is 8.78 Å². The zero-order valence-electron chi connectivity index (χ0n) is 9.53. The summed E-state index contributed by atoms with van der Waals surface area (Å²) in [5, 5.41) is 0. The van der Waals surface area contributed by atoms with Gasteiger partial charge in [-0.2, -0.15) is 0 Å². The molecule has 1 heterocycles. The van der Waals surface area contributed by atoms with Crippen LogP contribution in [0.15, 0.2) is 24.3 Å². The smallest absolute Gasteiger partial charge is 0.161 e. The Morgan fingerprint density at radius 1 is 1.06 bits per heavy atom. The zero-order chi connectivity index (χ0) is 12.7. The number of halogens is 2. The van der Waals surface area contributed by atoms with E-state index < -0.39 is 11.6 Å². The number of nitrogen functional groups attached to an aromatic ring is 1. The molecule has 1 saturated carbocycles. The van der Waals surface area contributed by atoms with Crippen LogP contribution in [0.1, 0.15) is 24.5 Å². The van der Waals surface area contributed by atoms with Crippen molar-refractivity contribution in [2.24, 2.45) is 0 Å². The molecule has 1 aliphatic rings. The van der Waals surface area contributed by atoms with Gasteiger partial charge in [-0.3, -0.25) is 0 Å². The number of rotatable bonds is 2. The highest BCUT2D eigenvalue weighted by Gasteiger charge is 2.26. The number of benzene rings is 1. The van der Waals surface area contributed by atoms with Gasteiger partial charge in [0.25, 0.3) is 0 Å². The molecule has 0 bridgehead atoms. The predicted molar refractivity (Wildman–Crippen MR) is 63.8 cm³/mol. The van der Waals surface area contributed by atoms with Gasteiger partial charge in [-0.25, -0.2) is 18.7 Å². The molecule has 0 unspecified atom stereocenters. The fourth-order valence-electron chi connectivity index (χ4n) is 1.84. The van der Waals surface area contributed by atoms with Gasteiger partial charge in [-0.05, 0) is 31.0 Å². The molecule has 1 aromatic heterocycles. The van der Waals surface area contributed by atoms with Crippen molar-refractivity contribution in [3.8, 4) is 11.4 Å². The minimum absolute atomic E-state index is 0.343. The highest BCUT2D eigenvalue weighted by molar-refractivity contribution is 5.57. The molecule has 0 saturated heterocycles. The first-order valence-electron chi connectivity index (χ1n) is 5.73. The summed E-state index contributed by atoms with van der Waals surface area (Å²) in [5.41, 5.74) is 7.02. The Balaban J connectivity index is 2.07. The predicted octanol–water partition coefficient (Wildman–Crippen LogP) is 2.88. The van der Waals surface area contributed by atoms with E-state index in [0.717, 1.165) is 30.7 Å². The Labute approximate surface area is 103 Å². The molecule has 1 fully saturated rings. The van der Waals surface area contributed by atoms with Crippen molar-refractivity contribution in [3.05, 3.63) is 41.6 Å². The summed E-state index contributed by atoms with van der Waals surface area (Å²) in [7, 11) is 0. The lowest BCUT2D eigenvalue weighted by atomic mass is 10.2. The Bertz CT molecular complexity index is 609. The molecule has 18 heavy (non-hydrogen) atoms. The highest BCUT2D eigenvalue weighted by atomic mass is 19.2. The molecule has 0 radical (unpaired) electrons. The van der Waals surface area contributed by atoms with Crippen molar-refractivity contribution in [1.29, 1.82) is 0 Å². The molecule has 3 rings (SSSR count). The van der Waals surface area contributed by atoms with Crippen molar-refractivity contribution in [1.82, 2.24) is 9.97 Å². The lowest BCUT2D eigenvalue weighted by Crippen LogP contribution is -2.00. The molecule has 1 aromatic carbocycles. The van der Waals surface area contributed by atoms with Crippen LogP contribution in [-0.2, 0) is 0 Å². The highest BCUT2D eigenvalue weighted by Crippen LogP contribution is 2.39. The Morgan fingerprint density at radius 3 is 2.50 bits per heavy atom. The Hall–Kier alpha value is -2.04. The average molecular weight is 247 g/mol. The second-order valence-corrected chi connectivity index (χ2v) is 4.44. The molecule has 92 valence electrons. The first-order chi connectivity index (χ1) is 8.63. The van der Waals surface area contributed by atoms with Crippen LogP contribution in [0.25, 0.3) is 11.4 Å². The quantitative estimate of drug-likeness (QED) is 0.887. The van der Waals surface area contributed by atoms with Crippen LogP contribution in [-0.4, -0.2) is 9.97 Å². The normalized spacial score (nSPS) is 14.8. The van der Waals surface area contributed by atoms with Gasteiger partial charge in [0, 0.05) is 23.2 Å². The van der Waals surface area contributed by atoms with Gasteiger partial charge >= 0.3 is 0 Å². The van der Waals surface area contributed by atoms with Gasteiger partial charge in [0.05, 0.1) is 0 Å². The van der Waals surface area contributed by atoms with Crippen LogP contribution >= 0.6 is 0 Å². The monoisotopic (exact) mass is 247 g/mol. The molecule has 5 heteroatoms. The van der Waals surface area contributed by atoms with E-state index in [1.807, 2.05) is 0 Å². The summed E-state index contributed by atoms with van der Waals surface area (Å²) in [6.45, 7) is 0. The number of nitrogens with two attached hydrogens (primary N) is 1. The van der Waals surface area contributed by atoms with E-state index in [4.69, 9.17) is 5.73 Å². The van der Waals surface area contributed by atoms with Crippen LogP contribution in [0, 0.1) is 11.6 Å². The first-order valence-corrected chi connectivity index (χ1v) is 5.73. The molecule has 1 aliphatic carbocycles. The van der Waals surface area contributed by atoms with Crippen molar-refractivity contribution < 1.29 is 8.78 Å². The number of nitrogens with zero attached hydrogens (tertiary/aromatic N) is 2. The Morgan fingerprint density at radius 2 is 1.83 bits per heavy atom. The van der Waals surface area contributed by atoms with E-state index in [1.54, 1.807) is 6.07 Å². The zero-order valence-corrected chi connectivity index (χ0v) is 9.53. The molecule has 0 aliphatic heterocycles. The number of hydrogen-bond acceptors (Lipinski definition) is 3. The number of hydrogen-bond donors (Lipinski definition) is 1. The van der Waals surface area contributed by atoms with Gasteiger partial charge in [0.1, 0.15) is 5.82 Å². The maximum atomic E-state index is 13.2. The molecule has 0 spiro atoms. The van der Waals surface area contributed by atoms with Crippen molar-refractivity contribution in [2.75, 3.05) is 5.73 Å². The van der Waals surface area contributed by atoms with Crippen LogP contribution in [0.3, 0.4) is 0 Å². The van der Waals surface area contributed by atoms with Gasteiger partial charge in [0.2, 0.25) is 0 Å². The van der Waals surface area contributed by atoms with Crippen LogP contribution in [0.5, 0.6) is 0 Å². The summed E-state index contributed by atoms with van der Waals surface area (Å²) < 4.78 is 26.0. The average Bonchev–Trinajstić information content (AvgIpc) is 3.16. The molecule has 0 amide bonds. The molecule has 3 nitrogen and oxygen atoms in total. The van der Waals surface area contributed by atoms with E-state index in [2.05, 4.69) is 9.97 Å². The number of aromatic nitrogens is 2. The molecular formula is C13H11F2N3. The largest absolute Gasteiger partial charge is 0.384 e. The van der Waals surface area contributed by atoms with Gasteiger partial charge in [-0.1, -0.05) is 0 Å². The van der Waals surface area contributed by atoms with E-state index in [0.29, 0.717) is 23.1 Å². The maximum absolute atomic E-state index is 13.2. The van der Waals surface area contributed by atoms with Crippen molar-refractivity contribution >= 4 is 5.82 Å². The van der Waals surface area contributed by atoms with E-state index >= 15 is 0 Å². The minimum atomic E-state index is -0.911. The summed E-state index contributed by atoms with van der Waals surface area (Å²) in [5.74, 6) is -0.668. The van der Waals surface area contributed by atoms with E-state index in [1.165, 1.54) is 6.07 Å². The van der Waals surface area contributed by atoms with Crippen LogP contribution in [0.4, 0.5) is 14.6 Å². The topological polar surface area (TPSA) is 51.8 Å². The molecule has 0 atom stereocenters. The van der Waals surface area contributed by atoms with Crippen molar-refractivity contribution in [2.45, 2.75) is 18.8 Å². The lowest BCUT2D eigenvalue weighted by molar-refractivity contribution is 0.509. The van der Waals surface area contributed by atoms with Gasteiger partial charge in [0.15, 0.2) is 17.5 Å². The standard InChI is InChI=1S/C13H11F2N3/c14-9-4-3-8(5-10(9)15)13-17-11(7-1-2-7)6-12(16)18-13/h3-7H,1-2H2,(H2,16,17,18). The van der Waals surface area contributed by atoms with Crippen LogP contribution < -0.4 is 5.73 Å². The second-order valence-electron chi connectivity index (χ2n) is 4.44. The third-order valence-electron chi connectivity index (χ3n) is 2.94. The first kappa shape index (κ1) is 11.1. The van der Waals surface area contributed by atoms with Gasteiger partial charge < -0.3 is 5.73 Å². The maximum Gasteiger partial charge on any atom is 0.161 e. The van der Waals surface area contributed by atoms with Gasteiger partial charge in [-0.15, -0.1) is 0 Å². The Kier molecular flexibility index (Phi) is 2.47. The fraction of sp³-hybridized carbons (Fsp3) is 0.231. The third kappa shape index (κ3) is 2.03. The summed E-state index contributed by atoms with van der Waals surface area (Å²) in [6, 6.07) is 5.33. The fourth-order valence-corrected chi connectivity index (χ4v) is 1.84. The summed E-state index contributed by atoms with van der Waals surface area (Å²) >= 11 is 0. The summed E-state index contributed by atoms with van der Waals surface area (Å²) in [4.78, 5) is 8.42. The molecular weight excluding hydrogens is 236 g/mol. The molecule has 2 N–H and O–H groups in total. The molecule has 2 aromatic rings.